The molecule has 0 bridgehead atoms. The van der Waals surface area contributed by atoms with Crippen molar-refractivity contribution in [1.82, 2.24) is 15.5 Å². The number of piperazine rings is 1. The predicted molar refractivity (Wildman–Crippen MR) is 61.6 cm³/mol. The zero-order chi connectivity index (χ0) is 11.0. The van der Waals surface area contributed by atoms with E-state index in [9.17, 15) is 0 Å². The molecule has 0 aromatic carbocycles. The molecule has 0 amide bonds. The Bertz CT molecular complexity index is 502. The van der Waals surface area contributed by atoms with Crippen LogP contribution in [0, 0.1) is 6.92 Å². The van der Waals surface area contributed by atoms with E-state index in [4.69, 9.17) is 4.52 Å². The summed E-state index contributed by atoms with van der Waals surface area (Å²) in [7, 11) is 0. The molecular weight excluding hydrogens is 204 g/mol. The van der Waals surface area contributed by atoms with Crippen LogP contribution in [0.2, 0.25) is 0 Å². The van der Waals surface area contributed by atoms with E-state index in [0.29, 0.717) is 0 Å². The smallest absolute Gasteiger partial charge is 0.172 e. The van der Waals surface area contributed by atoms with Gasteiger partial charge in [0.2, 0.25) is 0 Å². The monoisotopic (exact) mass is 218 g/mol. The van der Waals surface area contributed by atoms with E-state index in [-0.39, 0.29) is 0 Å². The Labute approximate surface area is 93.4 Å². The van der Waals surface area contributed by atoms with Crippen LogP contribution in [-0.2, 0) is 0 Å². The molecule has 1 saturated heterocycles. The fourth-order valence-corrected chi connectivity index (χ4v) is 2.13. The number of nitrogens with one attached hydrogen (secondary N) is 1. The molecule has 0 atom stereocenters. The third-order valence-electron chi connectivity index (χ3n) is 2.95. The summed E-state index contributed by atoms with van der Waals surface area (Å²) in [5.74, 6) is 0.998. The number of hydrogen-bond acceptors (Lipinski definition) is 5. The van der Waals surface area contributed by atoms with Gasteiger partial charge in [0.05, 0.1) is 11.1 Å². The second kappa shape index (κ2) is 3.75. The average molecular weight is 218 g/mol. The zero-order valence-electron chi connectivity index (χ0n) is 9.23. The lowest BCUT2D eigenvalue weighted by molar-refractivity contribution is 0.450. The third kappa shape index (κ3) is 1.44. The fourth-order valence-electron chi connectivity index (χ4n) is 2.13. The summed E-state index contributed by atoms with van der Waals surface area (Å²) in [6.45, 7) is 5.93. The van der Waals surface area contributed by atoms with E-state index in [1.54, 1.807) is 6.20 Å². The highest BCUT2D eigenvalue weighted by atomic mass is 16.5. The topological polar surface area (TPSA) is 54.2 Å². The molecule has 0 radical (unpaired) electrons. The van der Waals surface area contributed by atoms with Crippen LogP contribution in [0.5, 0.6) is 0 Å². The molecule has 16 heavy (non-hydrogen) atoms. The summed E-state index contributed by atoms with van der Waals surface area (Å²) in [6, 6.07) is 1.86. The maximum atomic E-state index is 5.25. The Kier molecular flexibility index (Phi) is 2.25. The minimum Gasteiger partial charge on any atom is -0.356 e. The normalized spacial score (nSPS) is 16.9. The number of anilines is 1. The number of aryl methyl sites for hydroxylation is 1. The molecule has 2 aromatic rings. The highest BCUT2D eigenvalue weighted by Gasteiger charge is 2.17. The molecule has 3 heterocycles. The number of nitrogens with zero attached hydrogens (tertiary/aromatic N) is 3. The minimum atomic E-state index is 0.820. The van der Waals surface area contributed by atoms with Crippen molar-refractivity contribution >= 4 is 16.8 Å². The summed E-state index contributed by atoms with van der Waals surface area (Å²) >= 11 is 0. The quantitative estimate of drug-likeness (QED) is 0.772. The standard InChI is InChI=1S/C11H14N4O/c1-8-10-9(16-14-8)2-3-13-11(10)15-6-4-12-5-7-15/h2-3,12H,4-7H2,1H3. The van der Waals surface area contributed by atoms with E-state index >= 15 is 0 Å². The summed E-state index contributed by atoms with van der Waals surface area (Å²) < 4.78 is 5.25. The van der Waals surface area contributed by atoms with E-state index in [2.05, 4.69) is 20.4 Å². The van der Waals surface area contributed by atoms with Gasteiger partial charge in [0, 0.05) is 38.4 Å². The second-order valence-corrected chi connectivity index (χ2v) is 4.01. The van der Waals surface area contributed by atoms with Crippen LogP contribution in [-0.4, -0.2) is 36.3 Å². The lowest BCUT2D eigenvalue weighted by Crippen LogP contribution is -2.44. The van der Waals surface area contributed by atoms with Gasteiger partial charge in [0.25, 0.3) is 0 Å². The Hall–Kier alpha value is -1.62. The van der Waals surface area contributed by atoms with Gasteiger partial charge >= 0.3 is 0 Å². The molecule has 84 valence electrons. The Morgan fingerprint density at radius 3 is 3.00 bits per heavy atom. The van der Waals surface area contributed by atoms with Gasteiger partial charge in [-0.15, -0.1) is 0 Å². The Morgan fingerprint density at radius 1 is 1.38 bits per heavy atom. The Balaban J connectivity index is 2.10. The predicted octanol–water partition coefficient (Wildman–Crippen LogP) is 0.941. The molecule has 0 saturated carbocycles. The van der Waals surface area contributed by atoms with Crippen molar-refractivity contribution in [3.8, 4) is 0 Å². The molecule has 5 heteroatoms. The van der Waals surface area contributed by atoms with Crippen molar-refractivity contribution < 1.29 is 4.52 Å². The van der Waals surface area contributed by atoms with Crippen LogP contribution < -0.4 is 10.2 Å². The van der Waals surface area contributed by atoms with Gasteiger partial charge in [-0.3, -0.25) is 0 Å². The molecule has 0 unspecified atom stereocenters. The first-order valence-electron chi connectivity index (χ1n) is 5.53. The van der Waals surface area contributed by atoms with Gasteiger partial charge in [0.1, 0.15) is 5.82 Å². The van der Waals surface area contributed by atoms with Crippen LogP contribution in [0.4, 0.5) is 5.82 Å². The van der Waals surface area contributed by atoms with E-state index in [0.717, 1.165) is 48.7 Å². The van der Waals surface area contributed by atoms with Crippen LogP contribution in [0.3, 0.4) is 0 Å². The fraction of sp³-hybridized carbons (Fsp3) is 0.455. The minimum absolute atomic E-state index is 0.820. The third-order valence-corrected chi connectivity index (χ3v) is 2.95. The van der Waals surface area contributed by atoms with Crippen molar-refractivity contribution in [3.05, 3.63) is 18.0 Å². The molecule has 1 aliphatic heterocycles. The number of fused-ring (bicyclic) bond motifs is 1. The first kappa shape index (κ1) is 9.59. The molecule has 0 aliphatic carbocycles. The molecule has 1 N–H and O–H groups in total. The summed E-state index contributed by atoms with van der Waals surface area (Å²) in [6.07, 6.45) is 1.78. The molecule has 1 aliphatic rings. The summed E-state index contributed by atoms with van der Waals surface area (Å²) in [4.78, 5) is 6.74. The SMILES string of the molecule is Cc1noc2ccnc(N3CCNCC3)c12. The summed E-state index contributed by atoms with van der Waals surface area (Å²) in [5.41, 5.74) is 1.73. The molecule has 3 rings (SSSR count). The van der Waals surface area contributed by atoms with Gasteiger partial charge < -0.3 is 14.7 Å². The van der Waals surface area contributed by atoms with Gasteiger partial charge in [-0.2, -0.15) is 0 Å². The first-order valence-corrected chi connectivity index (χ1v) is 5.53. The van der Waals surface area contributed by atoms with E-state index in [1.807, 2.05) is 13.0 Å². The highest BCUT2D eigenvalue weighted by molar-refractivity contribution is 5.90. The lowest BCUT2D eigenvalue weighted by Gasteiger charge is -2.28. The lowest BCUT2D eigenvalue weighted by atomic mass is 10.2. The van der Waals surface area contributed by atoms with Gasteiger partial charge in [-0.05, 0) is 6.92 Å². The molecular formula is C11H14N4O. The number of aromatic nitrogens is 2. The summed E-state index contributed by atoms with van der Waals surface area (Å²) in [5, 5.41) is 8.37. The van der Waals surface area contributed by atoms with Crippen LogP contribution >= 0.6 is 0 Å². The average Bonchev–Trinajstić information content (AvgIpc) is 2.73. The molecule has 2 aromatic heterocycles. The van der Waals surface area contributed by atoms with Gasteiger partial charge in [-0.25, -0.2) is 4.98 Å². The van der Waals surface area contributed by atoms with Crippen molar-refractivity contribution in [1.29, 1.82) is 0 Å². The maximum Gasteiger partial charge on any atom is 0.172 e. The molecule has 0 spiro atoms. The molecule has 5 nitrogen and oxygen atoms in total. The van der Waals surface area contributed by atoms with Crippen molar-refractivity contribution in [2.75, 3.05) is 31.1 Å². The van der Waals surface area contributed by atoms with E-state index in [1.165, 1.54) is 0 Å². The zero-order valence-corrected chi connectivity index (χ0v) is 9.23. The number of pyridine rings is 1. The number of rotatable bonds is 1. The van der Waals surface area contributed by atoms with Crippen LogP contribution in [0.1, 0.15) is 5.69 Å². The van der Waals surface area contributed by atoms with Crippen molar-refractivity contribution in [2.45, 2.75) is 6.92 Å². The van der Waals surface area contributed by atoms with Gasteiger partial charge in [-0.1, -0.05) is 5.16 Å². The van der Waals surface area contributed by atoms with Crippen LogP contribution in [0.25, 0.3) is 11.0 Å². The largest absolute Gasteiger partial charge is 0.356 e. The Morgan fingerprint density at radius 2 is 2.19 bits per heavy atom. The van der Waals surface area contributed by atoms with Gasteiger partial charge in [0.15, 0.2) is 5.58 Å². The van der Waals surface area contributed by atoms with Crippen molar-refractivity contribution in [3.63, 3.8) is 0 Å². The maximum absolute atomic E-state index is 5.25. The highest BCUT2D eigenvalue weighted by Crippen LogP contribution is 2.27. The molecule has 1 fully saturated rings. The van der Waals surface area contributed by atoms with Crippen LogP contribution in [0.15, 0.2) is 16.8 Å². The first-order chi connectivity index (χ1) is 7.86. The second-order valence-electron chi connectivity index (χ2n) is 4.01. The van der Waals surface area contributed by atoms with E-state index < -0.39 is 0 Å². The van der Waals surface area contributed by atoms with Crippen molar-refractivity contribution in [2.24, 2.45) is 0 Å². The number of hydrogen-bond donors (Lipinski definition) is 1.